The first-order valence-corrected chi connectivity index (χ1v) is 8.36. The van der Waals surface area contributed by atoms with Crippen LogP contribution in [-0.4, -0.2) is 9.97 Å². The van der Waals surface area contributed by atoms with Crippen LogP contribution in [0, 0.1) is 0 Å². The maximum atomic E-state index is 4.54. The molecule has 0 N–H and O–H groups in total. The Morgan fingerprint density at radius 3 is 0.929 bits per heavy atom. The fourth-order valence-corrected chi connectivity index (χ4v) is 2.81. The lowest BCUT2D eigenvalue weighted by Crippen LogP contribution is -2.05. The quantitative estimate of drug-likeness (QED) is 0.645. The van der Waals surface area contributed by atoms with Crippen molar-refractivity contribution in [1.82, 2.24) is 9.97 Å². The molecule has 1 heterocycles. The summed E-state index contributed by atoms with van der Waals surface area (Å²) in [6, 6.07) is 0. The lowest BCUT2D eigenvalue weighted by Gasteiger charge is -2.08. The lowest BCUT2D eigenvalue weighted by atomic mass is 10.3. The molecule has 0 bridgehead atoms. The third-order valence-corrected chi connectivity index (χ3v) is 3.84. The Bertz CT molecular complexity index is 258. The third kappa shape index (κ3) is 3.00. The van der Waals surface area contributed by atoms with Gasteiger partial charge in [-0.2, -0.15) is 0 Å². The molecular formula is C8H8Br4N2. The van der Waals surface area contributed by atoms with Crippen LogP contribution in [0.3, 0.4) is 0 Å². The average Bonchev–Trinajstić information content (AvgIpc) is 2.26. The van der Waals surface area contributed by atoms with Crippen LogP contribution in [0.5, 0.6) is 0 Å². The minimum atomic E-state index is 0.740. The summed E-state index contributed by atoms with van der Waals surface area (Å²) in [5, 5.41) is 2.96. The zero-order chi connectivity index (χ0) is 10.6. The molecule has 14 heavy (non-hydrogen) atoms. The van der Waals surface area contributed by atoms with Gasteiger partial charge in [0.05, 0.1) is 22.8 Å². The summed E-state index contributed by atoms with van der Waals surface area (Å²) in [5.41, 5.74) is 4.00. The average molecular weight is 452 g/mol. The minimum absolute atomic E-state index is 0.740. The summed E-state index contributed by atoms with van der Waals surface area (Å²) in [4.78, 5) is 9.07. The van der Waals surface area contributed by atoms with E-state index in [-0.39, 0.29) is 0 Å². The maximum absolute atomic E-state index is 4.54. The highest BCUT2D eigenvalue weighted by Gasteiger charge is 2.10. The molecule has 0 aliphatic rings. The Kier molecular flexibility index (Phi) is 6.12. The van der Waals surface area contributed by atoms with Gasteiger partial charge in [-0.05, 0) is 0 Å². The van der Waals surface area contributed by atoms with Crippen molar-refractivity contribution in [2.45, 2.75) is 21.3 Å². The van der Waals surface area contributed by atoms with Gasteiger partial charge in [0.25, 0.3) is 0 Å². The second-order valence-corrected chi connectivity index (χ2v) is 4.79. The van der Waals surface area contributed by atoms with E-state index >= 15 is 0 Å². The van der Waals surface area contributed by atoms with Crippen LogP contribution < -0.4 is 0 Å². The zero-order valence-electron chi connectivity index (χ0n) is 7.23. The summed E-state index contributed by atoms with van der Waals surface area (Å²) in [6.07, 6.45) is 0. The number of halogens is 4. The number of rotatable bonds is 4. The van der Waals surface area contributed by atoms with Crippen molar-refractivity contribution in [3.63, 3.8) is 0 Å². The first-order chi connectivity index (χ1) is 6.76. The van der Waals surface area contributed by atoms with E-state index < -0.39 is 0 Å². The molecule has 1 aromatic heterocycles. The van der Waals surface area contributed by atoms with Crippen molar-refractivity contribution < 1.29 is 0 Å². The van der Waals surface area contributed by atoms with Gasteiger partial charge in [-0.3, -0.25) is 9.97 Å². The highest BCUT2D eigenvalue weighted by molar-refractivity contribution is 9.09. The van der Waals surface area contributed by atoms with Gasteiger partial charge in [0.15, 0.2) is 0 Å². The van der Waals surface area contributed by atoms with Crippen LogP contribution in [0.2, 0.25) is 0 Å². The Morgan fingerprint density at radius 2 is 0.786 bits per heavy atom. The number of aromatic nitrogens is 2. The van der Waals surface area contributed by atoms with Crippen molar-refractivity contribution in [3.05, 3.63) is 22.8 Å². The van der Waals surface area contributed by atoms with Gasteiger partial charge >= 0.3 is 0 Å². The van der Waals surface area contributed by atoms with Crippen LogP contribution in [-0.2, 0) is 21.3 Å². The highest BCUT2D eigenvalue weighted by Crippen LogP contribution is 2.18. The van der Waals surface area contributed by atoms with E-state index in [4.69, 9.17) is 0 Å². The summed E-state index contributed by atoms with van der Waals surface area (Å²) in [5.74, 6) is 0. The van der Waals surface area contributed by atoms with Gasteiger partial charge < -0.3 is 0 Å². The van der Waals surface area contributed by atoms with Crippen molar-refractivity contribution in [3.8, 4) is 0 Å². The largest absolute Gasteiger partial charge is 0.252 e. The molecule has 1 rings (SSSR count). The van der Waals surface area contributed by atoms with E-state index in [1.807, 2.05) is 0 Å². The first-order valence-electron chi connectivity index (χ1n) is 3.88. The minimum Gasteiger partial charge on any atom is -0.252 e. The predicted molar refractivity (Wildman–Crippen MR) is 72.6 cm³/mol. The van der Waals surface area contributed by atoms with E-state index in [9.17, 15) is 0 Å². The topological polar surface area (TPSA) is 25.8 Å². The normalized spacial score (nSPS) is 10.6. The Labute approximate surface area is 117 Å². The SMILES string of the molecule is BrCc1nc(CBr)c(CBr)nc1CBr. The van der Waals surface area contributed by atoms with Crippen LogP contribution in [0.15, 0.2) is 0 Å². The van der Waals surface area contributed by atoms with Crippen LogP contribution in [0.4, 0.5) is 0 Å². The fourth-order valence-electron chi connectivity index (χ4n) is 1.01. The van der Waals surface area contributed by atoms with Crippen LogP contribution in [0.1, 0.15) is 22.8 Å². The summed E-state index contributed by atoms with van der Waals surface area (Å²) in [6.45, 7) is 0. The second-order valence-electron chi connectivity index (χ2n) is 2.54. The monoisotopic (exact) mass is 448 g/mol. The molecule has 0 fully saturated rings. The van der Waals surface area contributed by atoms with Gasteiger partial charge in [0.2, 0.25) is 0 Å². The van der Waals surface area contributed by atoms with Gasteiger partial charge in [-0.1, -0.05) is 63.7 Å². The number of hydrogen-bond donors (Lipinski definition) is 0. The number of hydrogen-bond acceptors (Lipinski definition) is 2. The molecule has 0 aliphatic heterocycles. The Morgan fingerprint density at radius 1 is 0.571 bits per heavy atom. The van der Waals surface area contributed by atoms with E-state index in [1.54, 1.807) is 0 Å². The molecule has 0 aromatic carbocycles. The summed E-state index contributed by atoms with van der Waals surface area (Å²) >= 11 is 13.6. The molecular weight excluding hydrogens is 444 g/mol. The molecule has 2 nitrogen and oxygen atoms in total. The molecule has 0 unspecified atom stereocenters. The Balaban J connectivity index is 3.20. The third-order valence-electron chi connectivity index (χ3n) is 1.71. The second kappa shape index (κ2) is 6.55. The van der Waals surface area contributed by atoms with Gasteiger partial charge in [-0.25, -0.2) is 0 Å². The van der Waals surface area contributed by atoms with E-state index in [1.165, 1.54) is 0 Å². The number of alkyl halides is 4. The lowest BCUT2D eigenvalue weighted by molar-refractivity contribution is 0.938. The van der Waals surface area contributed by atoms with E-state index in [0.29, 0.717) is 0 Å². The van der Waals surface area contributed by atoms with Crippen LogP contribution >= 0.6 is 63.7 Å². The molecule has 78 valence electrons. The first kappa shape index (κ1) is 13.1. The van der Waals surface area contributed by atoms with Gasteiger partial charge in [-0.15, -0.1) is 0 Å². The molecule has 0 radical (unpaired) electrons. The fraction of sp³-hybridized carbons (Fsp3) is 0.500. The van der Waals surface area contributed by atoms with Crippen molar-refractivity contribution in [2.24, 2.45) is 0 Å². The molecule has 6 heteroatoms. The molecule has 0 saturated heterocycles. The molecule has 0 saturated carbocycles. The van der Waals surface area contributed by atoms with Crippen LogP contribution in [0.25, 0.3) is 0 Å². The van der Waals surface area contributed by atoms with Crippen molar-refractivity contribution in [1.29, 1.82) is 0 Å². The molecule has 0 aliphatic carbocycles. The van der Waals surface area contributed by atoms with Crippen molar-refractivity contribution >= 4 is 63.7 Å². The highest BCUT2D eigenvalue weighted by atomic mass is 79.9. The standard InChI is InChI=1S/C8H8Br4N2/c9-1-5-6(2-10)14-8(4-12)7(3-11)13-5/h1-4H2. The summed E-state index contributed by atoms with van der Waals surface area (Å²) in [7, 11) is 0. The molecule has 1 aromatic rings. The molecule has 0 atom stereocenters. The number of nitrogens with zero attached hydrogens (tertiary/aromatic N) is 2. The van der Waals surface area contributed by atoms with E-state index in [0.717, 1.165) is 44.1 Å². The zero-order valence-corrected chi connectivity index (χ0v) is 13.6. The summed E-state index contributed by atoms with van der Waals surface area (Å²) < 4.78 is 0. The van der Waals surface area contributed by atoms with Gasteiger partial charge in [0.1, 0.15) is 0 Å². The van der Waals surface area contributed by atoms with Gasteiger partial charge in [0, 0.05) is 21.3 Å². The predicted octanol–water partition coefficient (Wildman–Crippen LogP) is 4.06. The van der Waals surface area contributed by atoms with E-state index in [2.05, 4.69) is 73.7 Å². The Hall–Kier alpha value is 1.000. The molecule has 0 spiro atoms. The maximum Gasteiger partial charge on any atom is 0.0736 e. The molecule has 0 amide bonds. The smallest absolute Gasteiger partial charge is 0.0736 e. The van der Waals surface area contributed by atoms with Crippen molar-refractivity contribution in [2.75, 3.05) is 0 Å².